The second-order valence-corrected chi connectivity index (χ2v) is 4.59. The molecule has 0 fully saturated rings. The smallest absolute Gasteiger partial charge is 0.354 e. The third-order valence-corrected chi connectivity index (χ3v) is 2.91. The monoisotopic (exact) mass is 274 g/mol. The van der Waals surface area contributed by atoms with Gasteiger partial charge in [0.15, 0.2) is 5.69 Å². The van der Waals surface area contributed by atoms with Crippen molar-refractivity contribution in [2.24, 2.45) is 0 Å². The normalized spacial score (nSPS) is 12.3. The second-order valence-electron chi connectivity index (χ2n) is 4.59. The Balaban J connectivity index is 2.37. The number of carboxylic acids is 1. The van der Waals surface area contributed by atoms with Crippen LogP contribution in [0.5, 0.6) is 0 Å². The Kier molecular flexibility index (Phi) is 4.53. The molecule has 0 aliphatic carbocycles. The van der Waals surface area contributed by atoms with Gasteiger partial charge in [-0.2, -0.15) is 0 Å². The molecule has 1 atom stereocenters. The van der Waals surface area contributed by atoms with Gasteiger partial charge >= 0.3 is 5.97 Å². The van der Waals surface area contributed by atoms with E-state index in [9.17, 15) is 4.79 Å². The summed E-state index contributed by atoms with van der Waals surface area (Å²) < 4.78 is 5.35. The summed E-state index contributed by atoms with van der Waals surface area (Å²) in [6, 6.07) is 9.21. The number of fused-ring (bicyclic) bond motifs is 1. The summed E-state index contributed by atoms with van der Waals surface area (Å²) in [5.74, 6) is -0.455. The van der Waals surface area contributed by atoms with E-state index < -0.39 is 5.97 Å². The van der Waals surface area contributed by atoms with Crippen molar-refractivity contribution in [2.45, 2.75) is 19.9 Å². The van der Waals surface area contributed by atoms with Crippen molar-refractivity contribution in [1.82, 2.24) is 4.98 Å². The van der Waals surface area contributed by atoms with E-state index in [1.165, 1.54) is 0 Å². The molecule has 5 heteroatoms. The van der Waals surface area contributed by atoms with Crippen molar-refractivity contribution < 1.29 is 14.6 Å². The van der Waals surface area contributed by atoms with Crippen LogP contribution in [0.25, 0.3) is 10.8 Å². The number of anilines is 1. The summed E-state index contributed by atoms with van der Waals surface area (Å²) >= 11 is 0. The maximum absolute atomic E-state index is 11.1. The number of nitrogens with zero attached hydrogens (tertiary/aromatic N) is 1. The highest BCUT2D eigenvalue weighted by Crippen LogP contribution is 2.23. The third kappa shape index (κ3) is 3.24. The van der Waals surface area contributed by atoms with Crippen molar-refractivity contribution in [3.63, 3.8) is 0 Å². The van der Waals surface area contributed by atoms with Crippen LogP contribution in [0.4, 0.5) is 5.82 Å². The fourth-order valence-corrected chi connectivity index (χ4v) is 1.99. The van der Waals surface area contributed by atoms with Crippen LogP contribution in [0.3, 0.4) is 0 Å². The highest BCUT2D eigenvalue weighted by atomic mass is 16.5. The number of nitrogens with one attached hydrogen (secondary N) is 1. The van der Waals surface area contributed by atoms with E-state index in [2.05, 4.69) is 10.3 Å². The number of ether oxygens (including phenoxy) is 1. The SMILES string of the molecule is CCOCC(C)Nc1nc(C(=O)O)cc2ccccc12. The largest absolute Gasteiger partial charge is 0.477 e. The van der Waals surface area contributed by atoms with Crippen LogP contribution in [-0.4, -0.2) is 35.3 Å². The first-order chi connectivity index (χ1) is 9.61. The summed E-state index contributed by atoms with van der Waals surface area (Å²) in [5, 5.41) is 14.1. The van der Waals surface area contributed by atoms with Gasteiger partial charge in [0.2, 0.25) is 0 Å². The summed E-state index contributed by atoms with van der Waals surface area (Å²) in [7, 11) is 0. The predicted molar refractivity (Wildman–Crippen MR) is 78.3 cm³/mol. The van der Waals surface area contributed by atoms with E-state index in [0.29, 0.717) is 19.0 Å². The first kappa shape index (κ1) is 14.3. The highest BCUT2D eigenvalue weighted by Gasteiger charge is 2.12. The van der Waals surface area contributed by atoms with Crippen molar-refractivity contribution >= 4 is 22.6 Å². The molecule has 1 heterocycles. The zero-order valence-electron chi connectivity index (χ0n) is 11.6. The zero-order chi connectivity index (χ0) is 14.5. The minimum atomic E-state index is -1.03. The molecule has 5 nitrogen and oxygen atoms in total. The summed E-state index contributed by atoms with van der Waals surface area (Å²) in [6.45, 7) is 5.10. The van der Waals surface area contributed by atoms with Crippen LogP contribution in [-0.2, 0) is 4.74 Å². The minimum absolute atomic E-state index is 0.0369. The molecule has 0 amide bonds. The molecule has 1 aromatic carbocycles. The summed E-state index contributed by atoms with van der Waals surface area (Å²) in [5.41, 5.74) is 0.0369. The number of aromatic nitrogens is 1. The van der Waals surface area contributed by atoms with Crippen LogP contribution in [0, 0.1) is 0 Å². The van der Waals surface area contributed by atoms with Crippen LogP contribution in [0.15, 0.2) is 30.3 Å². The Morgan fingerprint density at radius 3 is 2.90 bits per heavy atom. The van der Waals surface area contributed by atoms with Gasteiger partial charge in [-0.15, -0.1) is 0 Å². The lowest BCUT2D eigenvalue weighted by Gasteiger charge is -2.16. The van der Waals surface area contributed by atoms with Crippen LogP contribution in [0.2, 0.25) is 0 Å². The van der Waals surface area contributed by atoms with Crippen LogP contribution in [0.1, 0.15) is 24.3 Å². The molecular weight excluding hydrogens is 256 g/mol. The molecule has 2 N–H and O–H groups in total. The Morgan fingerprint density at radius 2 is 2.20 bits per heavy atom. The van der Waals surface area contributed by atoms with Crippen molar-refractivity contribution in [2.75, 3.05) is 18.5 Å². The number of hydrogen-bond acceptors (Lipinski definition) is 4. The number of hydrogen-bond donors (Lipinski definition) is 2. The molecule has 0 spiro atoms. The molecule has 1 unspecified atom stereocenters. The molecular formula is C15H18N2O3. The topological polar surface area (TPSA) is 71.5 Å². The molecule has 20 heavy (non-hydrogen) atoms. The van der Waals surface area contributed by atoms with Gasteiger partial charge < -0.3 is 15.2 Å². The fraction of sp³-hybridized carbons (Fsp3) is 0.333. The lowest BCUT2D eigenvalue weighted by Crippen LogP contribution is -2.23. The van der Waals surface area contributed by atoms with E-state index >= 15 is 0 Å². The summed E-state index contributed by atoms with van der Waals surface area (Å²) in [6.07, 6.45) is 0. The van der Waals surface area contributed by atoms with Gasteiger partial charge in [0.25, 0.3) is 0 Å². The lowest BCUT2D eigenvalue weighted by atomic mass is 10.1. The number of benzene rings is 1. The Hall–Kier alpha value is -2.14. The molecule has 0 radical (unpaired) electrons. The number of aromatic carboxylic acids is 1. The number of carbonyl (C=O) groups is 1. The zero-order valence-corrected chi connectivity index (χ0v) is 11.6. The van der Waals surface area contributed by atoms with Gasteiger partial charge in [-0.25, -0.2) is 9.78 Å². The van der Waals surface area contributed by atoms with Crippen molar-refractivity contribution in [3.8, 4) is 0 Å². The van der Waals surface area contributed by atoms with Gasteiger partial charge in [-0.1, -0.05) is 24.3 Å². The minimum Gasteiger partial charge on any atom is -0.477 e. The first-order valence-corrected chi connectivity index (χ1v) is 6.59. The number of rotatable bonds is 6. The number of carboxylic acid groups (broad SMARTS) is 1. The summed E-state index contributed by atoms with van der Waals surface area (Å²) in [4.78, 5) is 15.3. The third-order valence-electron chi connectivity index (χ3n) is 2.91. The highest BCUT2D eigenvalue weighted by molar-refractivity contribution is 5.97. The van der Waals surface area contributed by atoms with E-state index in [1.807, 2.05) is 38.1 Å². The second kappa shape index (κ2) is 6.34. The van der Waals surface area contributed by atoms with Gasteiger partial charge in [-0.3, -0.25) is 0 Å². The van der Waals surface area contributed by atoms with Crippen molar-refractivity contribution in [3.05, 3.63) is 36.0 Å². The first-order valence-electron chi connectivity index (χ1n) is 6.59. The van der Waals surface area contributed by atoms with Gasteiger partial charge in [0.05, 0.1) is 6.61 Å². The van der Waals surface area contributed by atoms with Gasteiger partial charge in [0.1, 0.15) is 5.82 Å². The molecule has 0 saturated heterocycles. The predicted octanol–water partition coefficient (Wildman–Crippen LogP) is 2.77. The number of pyridine rings is 1. The molecule has 0 saturated carbocycles. The van der Waals surface area contributed by atoms with Crippen molar-refractivity contribution in [1.29, 1.82) is 0 Å². The molecule has 2 rings (SSSR count). The van der Waals surface area contributed by atoms with E-state index in [1.54, 1.807) is 6.07 Å². The molecule has 1 aromatic heterocycles. The van der Waals surface area contributed by atoms with Crippen LogP contribution < -0.4 is 5.32 Å². The molecule has 0 aliphatic heterocycles. The molecule has 0 aliphatic rings. The maximum atomic E-state index is 11.1. The average molecular weight is 274 g/mol. The fourth-order valence-electron chi connectivity index (χ4n) is 1.99. The van der Waals surface area contributed by atoms with E-state index in [0.717, 1.165) is 10.8 Å². The van der Waals surface area contributed by atoms with E-state index in [-0.39, 0.29) is 11.7 Å². The maximum Gasteiger partial charge on any atom is 0.354 e. The molecule has 0 bridgehead atoms. The Morgan fingerprint density at radius 1 is 1.45 bits per heavy atom. The molecule has 106 valence electrons. The van der Waals surface area contributed by atoms with Crippen LogP contribution >= 0.6 is 0 Å². The standard InChI is InChI=1S/C15H18N2O3/c1-3-20-9-10(2)16-14-12-7-5-4-6-11(12)8-13(17-14)15(18)19/h4-8,10H,3,9H2,1-2H3,(H,16,17)(H,18,19). The molecule has 2 aromatic rings. The lowest BCUT2D eigenvalue weighted by molar-refractivity contribution is 0.0691. The Bertz CT molecular complexity index is 613. The van der Waals surface area contributed by atoms with Gasteiger partial charge in [0, 0.05) is 18.0 Å². The quantitative estimate of drug-likeness (QED) is 0.847. The van der Waals surface area contributed by atoms with E-state index in [4.69, 9.17) is 9.84 Å². The van der Waals surface area contributed by atoms with Gasteiger partial charge in [-0.05, 0) is 25.3 Å². The average Bonchev–Trinajstić information content (AvgIpc) is 2.44. The Labute approximate surface area is 117 Å².